The van der Waals surface area contributed by atoms with Crippen LogP contribution in [-0.4, -0.2) is 46.2 Å². The molecule has 10 rings (SSSR count). The van der Waals surface area contributed by atoms with Crippen molar-refractivity contribution in [2.24, 2.45) is 0 Å². The maximum Gasteiger partial charge on any atom is 0.233 e. The number of rotatable bonds is 6. The number of carbonyl (C=O) groups is 2. The first-order valence-electron chi connectivity index (χ1n) is 20.8. The van der Waals surface area contributed by atoms with Crippen molar-refractivity contribution in [3.05, 3.63) is 185 Å². The van der Waals surface area contributed by atoms with Crippen molar-refractivity contribution in [2.75, 3.05) is 10.6 Å². The molecule has 10 aromatic rings. The Morgan fingerprint density at radius 1 is 0.500 bits per heavy atom. The SMILES string of the molecule is Brc1ccc2c3ccccc3n(-c3ccccn3)c2c1.C.Cc1cc(O)cc(C)c1NC(=O)CC(=O)Nc1c(C)cc(O)cc1C.Oc1ccc2c3ccccc3n(-c3ccccn3)c2c1.[2HH]. The van der Waals surface area contributed by atoms with Crippen molar-refractivity contribution in [1.29, 1.82) is 0 Å². The van der Waals surface area contributed by atoms with Gasteiger partial charge in [-0.1, -0.05) is 78.0 Å². The number of aromatic hydroxyl groups is 3. The van der Waals surface area contributed by atoms with Gasteiger partial charge < -0.3 is 26.0 Å². The highest BCUT2D eigenvalue weighted by Gasteiger charge is 2.17. The average Bonchev–Trinajstić information content (AvgIpc) is 3.79. The highest BCUT2D eigenvalue weighted by atomic mass is 79.9. The van der Waals surface area contributed by atoms with Crippen molar-refractivity contribution < 1.29 is 26.3 Å². The highest BCUT2D eigenvalue weighted by molar-refractivity contribution is 9.10. The minimum atomic E-state index is -0.441. The molecule has 0 aliphatic heterocycles. The Morgan fingerprint density at radius 2 is 0.894 bits per heavy atom. The Bertz CT molecular complexity index is 3120. The molecule has 66 heavy (non-hydrogen) atoms. The van der Waals surface area contributed by atoms with Crippen LogP contribution in [0.3, 0.4) is 0 Å². The molecule has 0 radical (unpaired) electrons. The molecule has 0 spiro atoms. The Balaban J connectivity index is 0.000000164. The number of hydrogen-bond acceptors (Lipinski definition) is 7. The summed E-state index contributed by atoms with van der Waals surface area (Å²) in [5.41, 5.74) is 8.45. The molecule has 0 unspecified atom stereocenters. The summed E-state index contributed by atoms with van der Waals surface area (Å²) in [6.07, 6.45) is 3.27. The van der Waals surface area contributed by atoms with Crippen molar-refractivity contribution in [2.45, 2.75) is 41.5 Å². The smallest absolute Gasteiger partial charge is 0.233 e. The first-order chi connectivity index (χ1) is 31.4. The first kappa shape index (κ1) is 46.0. The van der Waals surface area contributed by atoms with E-state index in [1.54, 1.807) is 70.3 Å². The quantitative estimate of drug-likeness (QED) is 0.0821. The van der Waals surface area contributed by atoms with Crippen LogP contribution in [0.15, 0.2) is 162 Å². The van der Waals surface area contributed by atoms with Crippen LogP contribution in [0.25, 0.3) is 55.2 Å². The van der Waals surface area contributed by atoms with E-state index in [4.69, 9.17) is 0 Å². The lowest BCUT2D eigenvalue weighted by Crippen LogP contribution is -2.22. The molecule has 11 nitrogen and oxygen atoms in total. The Hall–Kier alpha value is -7.96. The number of hydrogen-bond donors (Lipinski definition) is 5. The van der Waals surface area contributed by atoms with E-state index in [2.05, 4.69) is 100 Å². The number of aryl methyl sites for hydroxylation is 4. The molecule has 4 heterocycles. The maximum absolute atomic E-state index is 12.2. The van der Waals surface area contributed by atoms with Crippen LogP contribution in [0, 0.1) is 27.7 Å². The van der Waals surface area contributed by atoms with Crippen LogP contribution in [0.1, 0.15) is 37.5 Å². The first-order valence-corrected chi connectivity index (χ1v) is 21.6. The van der Waals surface area contributed by atoms with Gasteiger partial charge in [0.1, 0.15) is 35.3 Å². The molecular formula is C54H51BrN6O5. The van der Waals surface area contributed by atoms with E-state index in [9.17, 15) is 24.9 Å². The summed E-state index contributed by atoms with van der Waals surface area (Å²) >= 11 is 3.56. The Labute approximate surface area is 392 Å². The van der Waals surface area contributed by atoms with Crippen LogP contribution in [-0.2, 0) is 9.59 Å². The van der Waals surface area contributed by atoms with Gasteiger partial charge in [0.25, 0.3) is 0 Å². The fourth-order valence-electron chi connectivity index (χ4n) is 8.16. The van der Waals surface area contributed by atoms with Crippen LogP contribution in [0.4, 0.5) is 11.4 Å². The van der Waals surface area contributed by atoms with Gasteiger partial charge in [-0.2, -0.15) is 0 Å². The summed E-state index contributed by atoms with van der Waals surface area (Å²) in [5.74, 6) is 1.43. The van der Waals surface area contributed by atoms with Crippen molar-refractivity contribution in [1.82, 2.24) is 19.1 Å². The normalized spacial score (nSPS) is 10.7. The van der Waals surface area contributed by atoms with E-state index in [0.717, 1.165) is 60.2 Å². The molecule has 12 heteroatoms. The third-order valence-corrected chi connectivity index (χ3v) is 11.4. The second-order valence-corrected chi connectivity index (χ2v) is 16.5. The second-order valence-electron chi connectivity index (χ2n) is 15.6. The van der Waals surface area contributed by atoms with Crippen LogP contribution in [0.2, 0.25) is 0 Å². The van der Waals surface area contributed by atoms with E-state index in [0.29, 0.717) is 11.4 Å². The number of nitrogens with one attached hydrogen (secondary N) is 2. The number of phenols is 3. The number of benzene rings is 6. The van der Waals surface area contributed by atoms with E-state index < -0.39 is 11.8 Å². The van der Waals surface area contributed by atoms with Gasteiger partial charge in [0.2, 0.25) is 11.8 Å². The molecule has 0 saturated heterocycles. The van der Waals surface area contributed by atoms with Crippen molar-refractivity contribution in [3.63, 3.8) is 0 Å². The molecular weight excluding hydrogens is 893 g/mol. The summed E-state index contributed by atoms with van der Waals surface area (Å²) in [6, 6.07) is 46.5. The van der Waals surface area contributed by atoms with E-state index in [-0.39, 0.29) is 32.5 Å². The lowest BCUT2D eigenvalue weighted by molar-refractivity contribution is -0.123. The fraction of sp³-hybridized carbons (Fsp3) is 0.111. The number of phenolic OH excluding ortho intramolecular Hbond substituents is 3. The minimum Gasteiger partial charge on any atom is -0.508 e. The monoisotopic (exact) mass is 943 g/mol. The lowest BCUT2D eigenvalue weighted by Gasteiger charge is -2.14. The zero-order valence-corrected chi connectivity index (χ0v) is 37.6. The predicted octanol–water partition coefficient (Wildman–Crippen LogP) is 13.0. The van der Waals surface area contributed by atoms with E-state index in [1.807, 2.05) is 60.8 Å². The van der Waals surface area contributed by atoms with E-state index in [1.165, 1.54) is 21.8 Å². The van der Waals surface area contributed by atoms with Crippen molar-refractivity contribution >= 4 is 82.7 Å². The number of pyridine rings is 2. The molecule has 5 N–H and O–H groups in total. The van der Waals surface area contributed by atoms with Gasteiger partial charge in [-0.05, 0) is 135 Å². The number of carbonyl (C=O) groups excluding carboxylic acids is 2. The summed E-state index contributed by atoms with van der Waals surface area (Å²) < 4.78 is 5.35. The zero-order chi connectivity index (χ0) is 45.8. The molecule has 0 saturated carbocycles. The number of para-hydroxylation sites is 2. The topological polar surface area (TPSA) is 155 Å². The second kappa shape index (κ2) is 19.8. The van der Waals surface area contributed by atoms with Gasteiger partial charge in [-0.25, -0.2) is 9.97 Å². The number of aromatic nitrogens is 4. The summed E-state index contributed by atoms with van der Waals surface area (Å²) in [6.45, 7) is 7.08. The van der Waals surface area contributed by atoms with Gasteiger partial charge in [0.05, 0.1) is 22.1 Å². The number of anilines is 2. The lowest BCUT2D eigenvalue weighted by atomic mass is 10.1. The Kier molecular flexibility index (Phi) is 13.8. The number of halogens is 1. The Morgan fingerprint density at radius 3 is 1.33 bits per heavy atom. The maximum atomic E-state index is 12.2. The highest BCUT2D eigenvalue weighted by Crippen LogP contribution is 2.35. The molecule has 334 valence electrons. The van der Waals surface area contributed by atoms with Gasteiger partial charge in [-0.3, -0.25) is 18.7 Å². The summed E-state index contributed by atoms with van der Waals surface area (Å²) in [4.78, 5) is 33.2. The molecule has 6 aromatic carbocycles. The number of amides is 2. The van der Waals surface area contributed by atoms with Crippen LogP contribution >= 0.6 is 15.9 Å². The molecule has 0 fully saturated rings. The standard InChI is InChI=1S/C19H22N2O4.C17H11BrN2.C17H12N2O.CH4.H2/c1-10-5-14(22)6-11(2)18(10)20-16(24)9-17(25)21-19-12(3)7-15(23)8-13(19)4;18-12-8-9-14-13-5-1-2-6-15(13)20(16(14)11-12)17-7-3-4-10-19-17;20-12-8-9-14-13-5-1-2-6-15(13)19(16(14)11-12)17-7-3-4-10-18-17;;/h5-8,22-23H,9H2,1-4H3,(H,20,24)(H,21,25);1-11H;1-11,20H;1H4;1H/i;;;;1+1. The molecule has 0 aliphatic rings. The summed E-state index contributed by atoms with van der Waals surface area (Å²) in [7, 11) is 0. The van der Waals surface area contributed by atoms with E-state index >= 15 is 0 Å². The van der Waals surface area contributed by atoms with Crippen molar-refractivity contribution in [3.8, 4) is 28.9 Å². The number of nitrogens with zero attached hydrogens (tertiary/aromatic N) is 4. The average molecular weight is 945 g/mol. The third-order valence-electron chi connectivity index (χ3n) is 10.9. The van der Waals surface area contributed by atoms with Gasteiger partial charge in [0, 0.05) is 57.3 Å². The molecule has 0 bridgehead atoms. The zero-order valence-electron chi connectivity index (χ0n) is 36.0. The van der Waals surface area contributed by atoms with Gasteiger partial charge in [0.15, 0.2) is 0 Å². The molecule has 2 amide bonds. The third kappa shape index (κ3) is 9.74. The molecule has 0 atom stereocenters. The molecule has 4 aromatic heterocycles. The number of fused-ring (bicyclic) bond motifs is 6. The fourth-order valence-corrected chi connectivity index (χ4v) is 8.51. The van der Waals surface area contributed by atoms with Gasteiger partial charge in [-0.15, -0.1) is 0 Å². The minimum absolute atomic E-state index is 0. The summed E-state index contributed by atoms with van der Waals surface area (Å²) in [5, 5.41) is 39.1. The molecule has 0 aliphatic carbocycles. The van der Waals surface area contributed by atoms with Crippen LogP contribution < -0.4 is 10.6 Å². The largest absolute Gasteiger partial charge is 0.508 e. The van der Waals surface area contributed by atoms with Gasteiger partial charge >= 0.3 is 0 Å². The predicted molar refractivity (Wildman–Crippen MR) is 272 cm³/mol. The van der Waals surface area contributed by atoms with Crippen LogP contribution in [0.5, 0.6) is 17.2 Å².